The topological polar surface area (TPSA) is 58.6 Å². The van der Waals surface area contributed by atoms with Crippen LogP contribution in [-0.4, -0.2) is 36.4 Å². The number of nitrogens with one attached hydrogen (secondary N) is 1. The number of hydrogen-bond donors (Lipinski definition) is 2. The predicted octanol–water partition coefficient (Wildman–Crippen LogP) is 2.50. The minimum absolute atomic E-state index is 0.0457. The molecule has 0 aromatic carbocycles. The Bertz CT molecular complexity index is 305. The molecule has 1 saturated heterocycles. The van der Waals surface area contributed by atoms with Crippen molar-refractivity contribution in [3.63, 3.8) is 0 Å². The van der Waals surface area contributed by atoms with Gasteiger partial charge in [0.1, 0.15) is 0 Å². The van der Waals surface area contributed by atoms with Gasteiger partial charge in [-0.3, -0.25) is 4.79 Å². The minimum atomic E-state index is -0.773. The van der Waals surface area contributed by atoms with Crippen molar-refractivity contribution in [3.8, 4) is 0 Å². The highest BCUT2D eigenvalue weighted by Crippen LogP contribution is 2.31. The normalized spacial score (nSPS) is 18.1. The van der Waals surface area contributed by atoms with E-state index in [0.29, 0.717) is 25.3 Å². The lowest BCUT2D eigenvalue weighted by Gasteiger charge is -2.32. The maximum absolute atomic E-state index is 12.4. The predicted molar refractivity (Wildman–Crippen MR) is 80.5 cm³/mol. The van der Waals surface area contributed by atoms with Gasteiger partial charge in [-0.2, -0.15) is 0 Å². The van der Waals surface area contributed by atoms with Crippen molar-refractivity contribution in [2.45, 2.75) is 65.4 Å². The Morgan fingerprint density at radius 3 is 2.30 bits per heavy atom. The van der Waals surface area contributed by atoms with E-state index >= 15 is 0 Å². The van der Waals surface area contributed by atoms with Crippen LogP contribution in [-0.2, 0) is 9.53 Å². The minimum Gasteiger partial charge on any atom is -0.388 e. The van der Waals surface area contributed by atoms with Gasteiger partial charge < -0.3 is 15.2 Å². The van der Waals surface area contributed by atoms with E-state index in [1.165, 1.54) is 0 Å². The molecule has 4 nitrogen and oxygen atoms in total. The molecule has 2 N–H and O–H groups in total. The van der Waals surface area contributed by atoms with Crippen LogP contribution in [0, 0.1) is 11.3 Å². The summed E-state index contributed by atoms with van der Waals surface area (Å²) in [6, 6.07) is 0. The molecule has 0 spiro atoms. The highest BCUT2D eigenvalue weighted by molar-refractivity contribution is 5.81. The third kappa shape index (κ3) is 5.06. The van der Waals surface area contributed by atoms with Gasteiger partial charge in [0, 0.05) is 25.2 Å². The van der Waals surface area contributed by atoms with E-state index in [2.05, 4.69) is 5.32 Å². The van der Waals surface area contributed by atoms with Gasteiger partial charge in [-0.15, -0.1) is 0 Å². The summed E-state index contributed by atoms with van der Waals surface area (Å²) >= 11 is 0. The number of carbonyl (C=O) groups excluding carboxylic acids is 1. The molecule has 0 aliphatic carbocycles. The number of aliphatic hydroxyl groups is 1. The smallest absolute Gasteiger partial charge is 0.225 e. The summed E-state index contributed by atoms with van der Waals surface area (Å²) in [6.07, 6.45) is 4.29. The monoisotopic (exact) mass is 285 g/mol. The van der Waals surface area contributed by atoms with E-state index in [0.717, 1.165) is 32.5 Å². The molecule has 118 valence electrons. The van der Waals surface area contributed by atoms with Gasteiger partial charge in [-0.25, -0.2) is 0 Å². The summed E-state index contributed by atoms with van der Waals surface area (Å²) in [5, 5.41) is 13.2. The summed E-state index contributed by atoms with van der Waals surface area (Å²) < 4.78 is 5.36. The number of hydrogen-bond acceptors (Lipinski definition) is 3. The first-order valence-corrected chi connectivity index (χ1v) is 7.91. The van der Waals surface area contributed by atoms with E-state index in [9.17, 15) is 9.90 Å². The zero-order valence-electron chi connectivity index (χ0n) is 13.5. The number of amides is 1. The Hall–Kier alpha value is -0.610. The van der Waals surface area contributed by atoms with E-state index in [4.69, 9.17) is 4.74 Å². The van der Waals surface area contributed by atoms with Gasteiger partial charge in [0.05, 0.1) is 5.60 Å². The van der Waals surface area contributed by atoms with Gasteiger partial charge in [0.15, 0.2) is 0 Å². The molecular weight excluding hydrogens is 254 g/mol. The second-order valence-corrected chi connectivity index (χ2v) is 6.76. The first kappa shape index (κ1) is 17.4. The third-order valence-corrected chi connectivity index (χ3v) is 4.65. The second-order valence-electron chi connectivity index (χ2n) is 6.76. The highest BCUT2D eigenvalue weighted by atomic mass is 16.5. The van der Waals surface area contributed by atoms with Crippen LogP contribution in [0.5, 0.6) is 0 Å². The van der Waals surface area contributed by atoms with Crippen LogP contribution in [0.25, 0.3) is 0 Å². The van der Waals surface area contributed by atoms with Crippen molar-refractivity contribution >= 4 is 5.91 Å². The Morgan fingerprint density at radius 2 is 1.80 bits per heavy atom. The van der Waals surface area contributed by atoms with Crippen LogP contribution in [0.15, 0.2) is 0 Å². The fraction of sp³-hybridized carbons (Fsp3) is 0.938. The van der Waals surface area contributed by atoms with Crippen LogP contribution in [0.3, 0.4) is 0 Å². The van der Waals surface area contributed by atoms with Crippen LogP contribution < -0.4 is 5.32 Å². The molecule has 0 unspecified atom stereocenters. The van der Waals surface area contributed by atoms with Crippen molar-refractivity contribution in [3.05, 3.63) is 0 Å². The van der Waals surface area contributed by atoms with E-state index in [-0.39, 0.29) is 11.3 Å². The van der Waals surface area contributed by atoms with Gasteiger partial charge in [0.25, 0.3) is 0 Å². The van der Waals surface area contributed by atoms with Gasteiger partial charge in [0.2, 0.25) is 5.91 Å². The Kier molecular flexibility index (Phi) is 6.46. The molecule has 1 amide bonds. The first-order valence-electron chi connectivity index (χ1n) is 7.91. The summed E-state index contributed by atoms with van der Waals surface area (Å²) in [5.41, 5.74) is -1.16. The number of rotatable bonds is 7. The van der Waals surface area contributed by atoms with Crippen LogP contribution >= 0.6 is 0 Å². The molecule has 1 rings (SSSR count). The Labute approximate surface area is 123 Å². The van der Waals surface area contributed by atoms with E-state index in [1.54, 1.807) is 0 Å². The highest BCUT2D eigenvalue weighted by Gasteiger charge is 2.33. The van der Waals surface area contributed by atoms with Crippen molar-refractivity contribution in [2.75, 3.05) is 19.8 Å². The fourth-order valence-corrected chi connectivity index (χ4v) is 2.75. The SMILES string of the molecule is CCC(O)(CC)CNC(=O)C(C)(C)CC1CCOCC1. The Morgan fingerprint density at radius 1 is 1.25 bits per heavy atom. The Balaban J connectivity index is 2.47. The molecule has 0 bridgehead atoms. The molecule has 0 saturated carbocycles. The summed E-state index contributed by atoms with van der Waals surface area (Å²) in [7, 11) is 0. The zero-order chi connectivity index (χ0) is 15.2. The average molecular weight is 285 g/mol. The van der Waals surface area contributed by atoms with E-state index in [1.807, 2.05) is 27.7 Å². The molecule has 0 aromatic heterocycles. The van der Waals surface area contributed by atoms with Crippen molar-refractivity contribution in [2.24, 2.45) is 11.3 Å². The molecule has 20 heavy (non-hydrogen) atoms. The lowest BCUT2D eigenvalue weighted by Crippen LogP contribution is -2.46. The molecule has 4 heteroatoms. The van der Waals surface area contributed by atoms with Gasteiger partial charge >= 0.3 is 0 Å². The van der Waals surface area contributed by atoms with Crippen LogP contribution in [0.1, 0.15) is 59.8 Å². The van der Waals surface area contributed by atoms with Crippen molar-refractivity contribution < 1.29 is 14.6 Å². The molecule has 0 atom stereocenters. The molecule has 1 aliphatic rings. The standard InChI is InChI=1S/C16H31NO3/c1-5-16(19,6-2)12-17-14(18)15(3,4)11-13-7-9-20-10-8-13/h13,19H,5-12H2,1-4H3,(H,17,18). The largest absolute Gasteiger partial charge is 0.388 e. The van der Waals surface area contributed by atoms with Gasteiger partial charge in [-0.05, 0) is 38.0 Å². The molecule has 1 heterocycles. The van der Waals surface area contributed by atoms with Crippen molar-refractivity contribution in [1.29, 1.82) is 0 Å². The molecule has 0 radical (unpaired) electrons. The summed E-state index contributed by atoms with van der Waals surface area (Å²) in [6.45, 7) is 9.85. The quantitative estimate of drug-likeness (QED) is 0.755. The lowest BCUT2D eigenvalue weighted by molar-refractivity contribution is -0.132. The molecule has 0 aromatic rings. The fourth-order valence-electron chi connectivity index (χ4n) is 2.75. The maximum Gasteiger partial charge on any atom is 0.225 e. The zero-order valence-corrected chi connectivity index (χ0v) is 13.5. The van der Waals surface area contributed by atoms with E-state index < -0.39 is 5.60 Å². The number of carbonyl (C=O) groups is 1. The first-order chi connectivity index (χ1) is 9.33. The van der Waals surface area contributed by atoms with Crippen molar-refractivity contribution in [1.82, 2.24) is 5.32 Å². The molecule has 1 aliphatic heterocycles. The average Bonchev–Trinajstić information content (AvgIpc) is 2.45. The summed E-state index contributed by atoms with van der Waals surface area (Å²) in [5.74, 6) is 0.616. The van der Waals surface area contributed by atoms with Crippen LogP contribution in [0.2, 0.25) is 0 Å². The lowest BCUT2D eigenvalue weighted by atomic mass is 9.79. The van der Waals surface area contributed by atoms with Crippen LogP contribution in [0.4, 0.5) is 0 Å². The number of ether oxygens (including phenoxy) is 1. The third-order valence-electron chi connectivity index (χ3n) is 4.65. The van der Waals surface area contributed by atoms with Gasteiger partial charge in [-0.1, -0.05) is 27.7 Å². The molecular formula is C16H31NO3. The maximum atomic E-state index is 12.4. The molecule has 1 fully saturated rings. The second kappa shape index (κ2) is 7.41. The summed E-state index contributed by atoms with van der Waals surface area (Å²) in [4.78, 5) is 12.4.